The molecule has 0 bridgehead atoms. The minimum absolute atomic E-state index is 0.0124. The van der Waals surface area contributed by atoms with Crippen molar-refractivity contribution in [3.05, 3.63) is 88.5 Å². The van der Waals surface area contributed by atoms with E-state index in [4.69, 9.17) is 4.74 Å². The zero-order valence-corrected chi connectivity index (χ0v) is 27.5. The van der Waals surface area contributed by atoms with Crippen LogP contribution in [0.1, 0.15) is 69.0 Å². The Bertz CT molecular complexity index is 1720. The summed E-state index contributed by atoms with van der Waals surface area (Å²) in [4.78, 5) is 33.8. The van der Waals surface area contributed by atoms with E-state index in [-0.39, 0.29) is 18.3 Å². The second-order valence-electron chi connectivity index (χ2n) is 13.2. The molecule has 0 unspecified atom stereocenters. The molecule has 1 aliphatic rings. The highest BCUT2D eigenvalue weighted by atomic mass is 19.4. The minimum atomic E-state index is -5.09. The molecule has 2 amide bonds. The third kappa shape index (κ3) is 7.99. The molecule has 4 rings (SSSR count). The fourth-order valence-corrected chi connectivity index (χ4v) is 5.40. The summed E-state index contributed by atoms with van der Waals surface area (Å²) in [6.07, 6.45) is -7.02. The van der Waals surface area contributed by atoms with Gasteiger partial charge in [-0.1, -0.05) is 12.1 Å². The molecule has 6 nitrogen and oxygen atoms in total. The van der Waals surface area contributed by atoms with Gasteiger partial charge in [-0.3, -0.25) is 9.78 Å². The SMILES string of the molecule is Cc1cc(F)ccc1-c1cc(C2=CCN(C(=O)OC(C)(C)C)CC2)ncc1N(C)C(=O)C(C)(C)c1cc(C(F)(F)F)cc(C(F)(F)F)c1. The van der Waals surface area contributed by atoms with Gasteiger partial charge in [-0.05, 0) is 107 Å². The van der Waals surface area contributed by atoms with Crippen LogP contribution in [0, 0.1) is 12.7 Å². The lowest BCUT2D eigenvalue weighted by Crippen LogP contribution is -2.42. The van der Waals surface area contributed by atoms with Crippen LogP contribution in [0.25, 0.3) is 16.7 Å². The number of likely N-dealkylation sites (N-methyl/N-ethyl adjacent to an activating group) is 1. The van der Waals surface area contributed by atoms with Crippen molar-refractivity contribution in [1.29, 1.82) is 0 Å². The molecule has 0 N–H and O–H groups in total. The van der Waals surface area contributed by atoms with Crippen molar-refractivity contribution in [2.24, 2.45) is 0 Å². The lowest BCUT2D eigenvalue weighted by Gasteiger charge is -2.32. The predicted molar refractivity (Wildman–Crippen MR) is 168 cm³/mol. The van der Waals surface area contributed by atoms with E-state index >= 15 is 0 Å². The first kappa shape index (κ1) is 36.4. The van der Waals surface area contributed by atoms with Crippen LogP contribution in [0.5, 0.6) is 0 Å². The largest absolute Gasteiger partial charge is 0.444 e. The van der Waals surface area contributed by atoms with Crippen molar-refractivity contribution in [1.82, 2.24) is 9.88 Å². The maximum absolute atomic E-state index is 14.1. The second kappa shape index (κ2) is 12.9. The molecular weight excluding hydrogens is 643 g/mol. The average Bonchev–Trinajstić information content (AvgIpc) is 2.98. The van der Waals surface area contributed by atoms with Crippen LogP contribution < -0.4 is 4.90 Å². The van der Waals surface area contributed by atoms with Crippen LogP contribution in [-0.2, 0) is 27.3 Å². The number of aryl methyl sites for hydroxylation is 1. The molecule has 1 aromatic heterocycles. The third-order valence-corrected chi connectivity index (χ3v) is 8.06. The summed E-state index contributed by atoms with van der Waals surface area (Å²) in [5, 5.41) is 0. The van der Waals surface area contributed by atoms with Crippen molar-refractivity contribution in [2.75, 3.05) is 25.0 Å². The Morgan fingerprint density at radius 2 is 1.44 bits per heavy atom. The molecule has 48 heavy (non-hydrogen) atoms. The molecular formula is C35H36F7N3O3. The number of hydrogen-bond acceptors (Lipinski definition) is 4. The van der Waals surface area contributed by atoms with Crippen molar-refractivity contribution < 1.29 is 45.1 Å². The summed E-state index contributed by atoms with van der Waals surface area (Å²) in [7, 11) is 1.35. The molecule has 258 valence electrons. The highest BCUT2D eigenvalue weighted by molar-refractivity contribution is 6.03. The Morgan fingerprint density at radius 1 is 0.854 bits per heavy atom. The summed E-state index contributed by atoms with van der Waals surface area (Å²) in [5.41, 5.74) is -3.11. The number of amides is 2. The van der Waals surface area contributed by atoms with Gasteiger partial charge < -0.3 is 14.5 Å². The lowest BCUT2D eigenvalue weighted by molar-refractivity contribution is -0.143. The van der Waals surface area contributed by atoms with Crippen molar-refractivity contribution in [3.8, 4) is 11.1 Å². The molecule has 2 aromatic carbocycles. The predicted octanol–water partition coefficient (Wildman–Crippen LogP) is 9.20. The highest BCUT2D eigenvalue weighted by Crippen LogP contribution is 2.41. The van der Waals surface area contributed by atoms with Crippen LogP contribution in [0.15, 0.2) is 54.7 Å². The smallest absolute Gasteiger partial charge is 0.416 e. The number of alkyl halides is 6. The number of aromatic nitrogens is 1. The second-order valence-corrected chi connectivity index (χ2v) is 13.2. The average molecular weight is 680 g/mol. The first-order valence-electron chi connectivity index (χ1n) is 15.0. The Hall–Kier alpha value is -4.42. The van der Waals surface area contributed by atoms with E-state index in [1.54, 1.807) is 38.7 Å². The van der Waals surface area contributed by atoms with Crippen LogP contribution in [0.4, 0.5) is 41.2 Å². The number of anilines is 1. The van der Waals surface area contributed by atoms with Gasteiger partial charge in [-0.25, -0.2) is 9.18 Å². The number of carbonyl (C=O) groups excluding carboxylic acids is 2. The van der Waals surface area contributed by atoms with Crippen LogP contribution >= 0.6 is 0 Å². The number of carbonyl (C=O) groups is 2. The van der Waals surface area contributed by atoms with Gasteiger partial charge in [0.15, 0.2) is 0 Å². The number of rotatable bonds is 5. The van der Waals surface area contributed by atoms with Crippen molar-refractivity contribution in [2.45, 2.75) is 71.3 Å². The summed E-state index contributed by atoms with van der Waals surface area (Å²) >= 11 is 0. The van der Waals surface area contributed by atoms with Crippen LogP contribution in [-0.4, -0.2) is 47.6 Å². The molecule has 0 saturated carbocycles. The summed E-state index contributed by atoms with van der Waals surface area (Å²) in [5.74, 6) is -1.31. The molecule has 2 heterocycles. The maximum Gasteiger partial charge on any atom is 0.416 e. The minimum Gasteiger partial charge on any atom is -0.444 e. The van der Waals surface area contributed by atoms with E-state index in [9.17, 15) is 40.3 Å². The van der Waals surface area contributed by atoms with E-state index < -0.39 is 57.9 Å². The van der Waals surface area contributed by atoms with E-state index in [0.717, 1.165) is 10.5 Å². The van der Waals surface area contributed by atoms with Crippen molar-refractivity contribution >= 4 is 23.3 Å². The van der Waals surface area contributed by atoms with Gasteiger partial charge in [-0.2, -0.15) is 26.3 Å². The normalized spacial score (nSPS) is 14.5. The maximum atomic E-state index is 14.1. The lowest BCUT2D eigenvalue weighted by atomic mass is 9.81. The molecule has 13 heteroatoms. The van der Waals surface area contributed by atoms with Gasteiger partial charge in [0.25, 0.3) is 0 Å². The molecule has 0 aliphatic carbocycles. The topological polar surface area (TPSA) is 62.7 Å². The summed E-state index contributed by atoms with van der Waals surface area (Å²) in [6.45, 7) is 10.0. The van der Waals surface area contributed by atoms with E-state index in [1.807, 2.05) is 6.08 Å². The van der Waals surface area contributed by atoms with Gasteiger partial charge in [0.1, 0.15) is 11.4 Å². The van der Waals surface area contributed by atoms with Crippen LogP contribution in [0.3, 0.4) is 0 Å². The summed E-state index contributed by atoms with van der Waals surface area (Å²) < 4.78 is 101. The monoisotopic (exact) mass is 679 g/mol. The third-order valence-electron chi connectivity index (χ3n) is 8.06. The van der Waals surface area contributed by atoms with Crippen molar-refractivity contribution in [3.63, 3.8) is 0 Å². The molecule has 3 aromatic rings. The van der Waals surface area contributed by atoms with Gasteiger partial charge in [0.2, 0.25) is 5.91 Å². The fraction of sp³-hybridized carbons (Fsp3) is 0.400. The standard InChI is InChI=1S/C35H36F7N3O3/c1-20-14-25(36)8-9-26(20)27-18-28(21-10-12-45(13-11-21)31(47)48-32(2,3)4)43-19-29(27)44(7)30(46)33(5,6)22-15-23(34(37,38)39)17-24(16-22)35(40,41)42/h8-10,14-19H,11-13H2,1-7H3. The molecule has 0 saturated heterocycles. The Morgan fingerprint density at radius 3 is 1.94 bits per heavy atom. The number of pyridine rings is 1. The van der Waals surface area contributed by atoms with Gasteiger partial charge >= 0.3 is 18.4 Å². The van der Waals surface area contributed by atoms with E-state index in [0.29, 0.717) is 47.5 Å². The highest BCUT2D eigenvalue weighted by Gasteiger charge is 2.41. The molecule has 0 atom stereocenters. The quantitative estimate of drug-likeness (QED) is 0.253. The van der Waals surface area contributed by atoms with E-state index in [2.05, 4.69) is 4.98 Å². The molecule has 1 aliphatic heterocycles. The zero-order chi connectivity index (χ0) is 36.0. The number of nitrogens with zero attached hydrogens (tertiary/aromatic N) is 3. The first-order valence-corrected chi connectivity index (χ1v) is 15.0. The number of halogens is 7. The van der Waals surface area contributed by atoms with Crippen LogP contribution in [0.2, 0.25) is 0 Å². The zero-order valence-electron chi connectivity index (χ0n) is 27.5. The van der Waals surface area contributed by atoms with Gasteiger partial charge in [0.05, 0.1) is 34.1 Å². The van der Waals surface area contributed by atoms with E-state index in [1.165, 1.54) is 45.3 Å². The molecule has 0 radical (unpaired) electrons. The number of ether oxygens (including phenoxy) is 1. The molecule has 0 fully saturated rings. The van der Waals surface area contributed by atoms with Gasteiger partial charge in [-0.15, -0.1) is 0 Å². The Labute approximate surface area is 274 Å². The van der Waals surface area contributed by atoms with Gasteiger partial charge in [0, 0.05) is 25.7 Å². The molecule has 0 spiro atoms. The fourth-order valence-electron chi connectivity index (χ4n) is 5.40. The number of benzene rings is 2. The Balaban J connectivity index is 1.77. The Kier molecular flexibility index (Phi) is 9.78. The number of hydrogen-bond donors (Lipinski definition) is 0. The first-order chi connectivity index (χ1) is 22.0. The summed E-state index contributed by atoms with van der Waals surface area (Å²) in [6, 6.07) is 6.83.